The third-order valence-corrected chi connectivity index (χ3v) is 6.46. The van der Waals surface area contributed by atoms with Gasteiger partial charge in [-0.2, -0.15) is 0 Å². The summed E-state index contributed by atoms with van der Waals surface area (Å²) in [5.74, 6) is 2.60. The zero-order valence-corrected chi connectivity index (χ0v) is 22.2. The summed E-state index contributed by atoms with van der Waals surface area (Å²) in [6.45, 7) is 2.68. The second kappa shape index (κ2) is 11.6. The lowest BCUT2D eigenvalue weighted by atomic mass is 10.1. The van der Waals surface area contributed by atoms with Gasteiger partial charge in [0.25, 0.3) is 0 Å². The quantitative estimate of drug-likeness (QED) is 0.253. The molecule has 196 valence electrons. The molecule has 4 aromatic carbocycles. The highest BCUT2D eigenvalue weighted by molar-refractivity contribution is 5.93. The van der Waals surface area contributed by atoms with Crippen LogP contribution in [0.4, 0.5) is 5.69 Å². The second-order valence-electron chi connectivity index (χ2n) is 9.28. The number of methoxy groups -OCH3 is 2. The predicted molar refractivity (Wildman–Crippen MR) is 153 cm³/mol. The van der Waals surface area contributed by atoms with E-state index in [0.717, 1.165) is 33.9 Å². The largest absolute Gasteiger partial charge is 0.493 e. The molecule has 0 radical (unpaired) electrons. The lowest BCUT2D eigenvalue weighted by Gasteiger charge is -2.13. The number of hydrogen-bond donors (Lipinski definition) is 1. The molecule has 0 aliphatic heterocycles. The monoisotopic (exact) mass is 518 g/mol. The molecule has 0 saturated carbocycles. The second-order valence-corrected chi connectivity index (χ2v) is 9.28. The van der Waals surface area contributed by atoms with Crippen molar-refractivity contribution < 1.29 is 14.3 Å². The summed E-state index contributed by atoms with van der Waals surface area (Å²) < 4.78 is 12.8. The number of aryl methyl sites for hydroxylation is 1. The molecule has 1 amide bonds. The Hall–Kier alpha value is -4.91. The molecule has 5 rings (SSSR count). The Morgan fingerprint density at radius 2 is 1.46 bits per heavy atom. The Morgan fingerprint density at radius 1 is 0.744 bits per heavy atom. The van der Waals surface area contributed by atoms with Crippen molar-refractivity contribution >= 4 is 11.6 Å². The summed E-state index contributed by atoms with van der Waals surface area (Å²) in [5.41, 5.74) is 5.70. The van der Waals surface area contributed by atoms with Crippen LogP contribution in [-0.4, -0.2) is 34.9 Å². The highest BCUT2D eigenvalue weighted by Crippen LogP contribution is 2.29. The van der Waals surface area contributed by atoms with E-state index >= 15 is 0 Å². The average molecular weight is 519 g/mol. The average Bonchev–Trinajstić information content (AvgIpc) is 3.37. The predicted octanol–water partition coefficient (Wildman–Crippen LogP) is 6.17. The minimum Gasteiger partial charge on any atom is -0.493 e. The van der Waals surface area contributed by atoms with E-state index in [9.17, 15) is 4.79 Å². The summed E-state index contributed by atoms with van der Waals surface area (Å²) in [6.07, 6.45) is 0.201. The summed E-state index contributed by atoms with van der Waals surface area (Å²) in [6, 6.07) is 31.7. The van der Waals surface area contributed by atoms with Gasteiger partial charge in [0, 0.05) is 16.8 Å². The molecule has 0 saturated heterocycles. The van der Waals surface area contributed by atoms with Crippen LogP contribution in [0, 0.1) is 6.92 Å². The van der Waals surface area contributed by atoms with Crippen molar-refractivity contribution in [3.05, 3.63) is 114 Å². The molecular weight excluding hydrogens is 488 g/mol. The van der Waals surface area contributed by atoms with Crippen LogP contribution in [0.2, 0.25) is 0 Å². The van der Waals surface area contributed by atoms with Crippen molar-refractivity contribution in [1.82, 2.24) is 14.8 Å². The van der Waals surface area contributed by atoms with Crippen LogP contribution < -0.4 is 14.8 Å². The molecule has 1 heterocycles. The van der Waals surface area contributed by atoms with E-state index in [1.165, 1.54) is 5.56 Å². The first-order valence-electron chi connectivity index (χ1n) is 12.7. The molecule has 0 atom stereocenters. The van der Waals surface area contributed by atoms with Gasteiger partial charge in [0.1, 0.15) is 0 Å². The maximum atomic E-state index is 12.9. The summed E-state index contributed by atoms with van der Waals surface area (Å²) in [4.78, 5) is 12.9. The number of nitrogens with one attached hydrogen (secondary N) is 1. The Bertz CT molecular complexity index is 1580. The first kappa shape index (κ1) is 25.7. The number of rotatable bonds is 9. The van der Waals surface area contributed by atoms with Crippen LogP contribution >= 0.6 is 0 Å². The third kappa shape index (κ3) is 5.99. The lowest BCUT2D eigenvalue weighted by molar-refractivity contribution is -0.115. The van der Waals surface area contributed by atoms with Gasteiger partial charge in [-0.1, -0.05) is 78.4 Å². The van der Waals surface area contributed by atoms with Gasteiger partial charge in [-0.05, 0) is 42.3 Å². The molecule has 0 unspecified atom stereocenters. The summed E-state index contributed by atoms with van der Waals surface area (Å²) in [5, 5.41) is 12.2. The standard InChI is InChI=1S/C32H30N4O3/c1-22-12-15-25(16-13-22)31-34-35-32(36(31)21-23-8-5-4-6-9-23)26-10-7-11-27(20-26)33-30(37)19-24-14-17-28(38-2)29(18-24)39-3/h4-18,20H,19,21H2,1-3H3,(H,33,37). The number of amides is 1. The van der Waals surface area contributed by atoms with E-state index in [1.807, 2.05) is 54.6 Å². The van der Waals surface area contributed by atoms with Gasteiger partial charge in [0.15, 0.2) is 23.1 Å². The third-order valence-electron chi connectivity index (χ3n) is 6.46. The van der Waals surface area contributed by atoms with Gasteiger partial charge in [-0.3, -0.25) is 4.79 Å². The van der Waals surface area contributed by atoms with Crippen molar-refractivity contribution in [1.29, 1.82) is 0 Å². The fourth-order valence-electron chi connectivity index (χ4n) is 4.47. The topological polar surface area (TPSA) is 78.3 Å². The van der Waals surface area contributed by atoms with Crippen LogP contribution in [0.25, 0.3) is 22.8 Å². The van der Waals surface area contributed by atoms with Gasteiger partial charge in [0.05, 0.1) is 27.2 Å². The van der Waals surface area contributed by atoms with Gasteiger partial charge in [0.2, 0.25) is 5.91 Å². The van der Waals surface area contributed by atoms with E-state index in [4.69, 9.17) is 9.47 Å². The number of hydrogen-bond acceptors (Lipinski definition) is 5. The maximum Gasteiger partial charge on any atom is 0.228 e. The molecule has 1 aromatic heterocycles. The summed E-state index contributed by atoms with van der Waals surface area (Å²) in [7, 11) is 3.16. The van der Waals surface area contributed by atoms with Crippen LogP contribution in [0.5, 0.6) is 11.5 Å². The molecule has 0 spiro atoms. The summed E-state index contributed by atoms with van der Waals surface area (Å²) >= 11 is 0. The van der Waals surface area contributed by atoms with Crippen LogP contribution in [0.1, 0.15) is 16.7 Å². The molecule has 7 nitrogen and oxygen atoms in total. The van der Waals surface area contributed by atoms with Crippen molar-refractivity contribution in [3.63, 3.8) is 0 Å². The fraction of sp³-hybridized carbons (Fsp3) is 0.156. The number of ether oxygens (including phenoxy) is 2. The number of nitrogens with zero attached hydrogens (tertiary/aromatic N) is 3. The van der Waals surface area contributed by atoms with Crippen molar-refractivity contribution in [3.8, 4) is 34.3 Å². The zero-order chi connectivity index (χ0) is 27.2. The lowest BCUT2D eigenvalue weighted by Crippen LogP contribution is -2.14. The molecule has 0 aliphatic carbocycles. The minimum absolute atomic E-state index is 0.134. The van der Waals surface area contributed by atoms with Crippen LogP contribution in [-0.2, 0) is 17.8 Å². The maximum absolute atomic E-state index is 12.9. The van der Waals surface area contributed by atoms with Gasteiger partial charge >= 0.3 is 0 Å². The molecular formula is C32H30N4O3. The van der Waals surface area contributed by atoms with E-state index in [1.54, 1.807) is 20.3 Å². The molecule has 0 fully saturated rings. The minimum atomic E-state index is -0.134. The van der Waals surface area contributed by atoms with Gasteiger partial charge in [-0.15, -0.1) is 10.2 Å². The number of anilines is 1. The molecule has 7 heteroatoms. The number of benzene rings is 4. The molecule has 0 bridgehead atoms. The smallest absolute Gasteiger partial charge is 0.228 e. The molecule has 5 aromatic rings. The number of carbonyl (C=O) groups is 1. The zero-order valence-electron chi connectivity index (χ0n) is 22.2. The Morgan fingerprint density at radius 3 is 2.18 bits per heavy atom. The Balaban J connectivity index is 1.42. The van der Waals surface area contributed by atoms with Crippen molar-refractivity contribution in [2.75, 3.05) is 19.5 Å². The van der Waals surface area contributed by atoms with Crippen LogP contribution in [0.15, 0.2) is 97.1 Å². The van der Waals surface area contributed by atoms with E-state index in [-0.39, 0.29) is 12.3 Å². The SMILES string of the molecule is COc1ccc(CC(=O)Nc2cccc(-c3nnc(-c4ccc(C)cc4)n3Cc3ccccc3)c2)cc1OC. The number of aromatic nitrogens is 3. The first-order valence-corrected chi connectivity index (χ1v) is 12.7. The highest BCUT2D eigenvalue weighted by Gasteiger charge is 2.17. The van der Waals surface area contributed by atoms with Crippen LogP contribution in [0.3, 0.4) is 0 Å². The van der Waals surface area contributed by atoms with Gasteiger partial charge in [-0.25, -0.2) is 0 Å². The van der Waals surface area contributed by atoms with E-state index in [0.29, 0.717) is 23.7 Å². The van der Waals surface area contributed by atoms with Gasteiger partial charge < -0.3 is 19.4 Å². The molecule has 0 aliphatic rings. The first-order chi connectivity index (χ1) is 19.0. The van der Waals surface area contributed by atoms with Crippen molar-refractivity contribution in [2.24, 2.45) is 0 Å². The fourth-order valence-corrected chi connectivity index (χ4v) is 4.47. The van der Waals surface area contributed by atoms with E-state index < -0.39 is 0 Å². The van der Waals surface area contributed by atoms with Crippen molar-refractivity contribution in [2.45, 2.75) is 19.9 Å². The Labute approximate surface area is 228 Å². The highest BCUT2D eigenvalue weighted by atomic mass is 16.5. The normalized spacial score (nSPS) is 10.7. The Kier molecular flexibility index (Phi) is 7.68. The molecule has 39 heavy (non-hydrogen) atoms. The van der Waals surface area contributed by atoms with E-state index in [2.05, 4.69) is 63.4 Å². The number of carbonyl (C=O) groups excluding carboxylic acids is 1. The molecule has 1 N–H and O–H groups in total.